The van der Waals surface area contributed by atoms with Crippen LogP contribution in [0.25, 0.3) is 11.4 Å². The fourth-order valence-electron chi connectivity index (χ4n) is 1.62. The summed E-state index contributed by atoms with van der Waals surface area (Å²) in [6.45, 7) is 1.79. The summed E-state index contributed by atoms with van der Waals surface area (Å²) in [4.78, 5) is 31.3. The van der Waals surface area contributed by atoms with Gasteiger partial charge < -0.3 is 5.11 Å². The number of aromatic amines is 1. The topological polar surface area (TPSA) is 108 Å². The third-order valence-corrected chi connectivity index (χ3v) is 3.47. The summed E-state index contributed by atoms with van der Waals surface area (Å²) in [6, 6.07) is 5.17. The van der Waals surface area contributed by atoms with Crippen molar-refractivity contribution in [2.24, 2.45) is 0 Å². The number of aryl methyl sites for hydroxylation is 1. The van der Waals surface area contributed by atoms with Crippen molar-refractivity contribution in [3.05, 3.63) is 28.7 Å². The highest BCUT2D eigenvalue weighted by molar-refractivity contribution is 7.99. The molecule has 1 aromatic carbocycles. The minimum Gasteiger partial charge on any atom is -0.481 e. The van der Waals surface area contributed by atoms with E-state index in [2.05, 4.69) is 20.0 Å². The molecule has 0 unspecified atom stereocenters. The number of aromatic nitrogens is 3. The van der Waals surface area contributed by atoms with Gasteiger partial charge in [0, 0.05) is 17.2 Å². The van der Waals surface area contributed by atoms with E-state index in [1.165, 1.54) is 7.11 Å². The number of hydrogen-bond donors (Lipinski definition) is 2. The van der Waals surface area contributed by atoms with Crippen molar-refractivity contribution in [3.8, 4) is 11.4 Å². The molecule has 2 aromatic rings. The number of nitrogens with one attached hydrogen (secondary N) is 1. The van der Waals surface area contributed by atoms with Gasteiger partial charge in [-0.3, -0.25) is 9.89 Å². The first kappa shape index (κ1) is 15.0. The zero-order chi connectivity index (χ0) is 15.4. The van der Waals surface area contributed by atoms with E-state index in [9.17, 15) is 9.70 Å². The molecule has 0 saturated carbocycles. The maximum Gasteiger partial charge on any atom is 0.320 e. The number of thioether (sulfide) groups is 1. The number of carboxylic acid groups (broad SMARTS) is 1. The molecule has 21 heavy (non-hydrogen) atoms. The largest absolute Gasteiger partial charge is 0.481 e. The Morgan fingerprint density at radius 1 is 1.52 bits per heavy atom. The molecule has 0 saturated heterocycles. The predicted molar refractivity (Wildman–Crippen MR) is 75.2 cm³/mol. The maximum absolute atomic E-state index is 11.6. The van der Waals surface area contributed by atoms with E-state index >= 15 is 0 Å². The van der Waals surface area contributed by atoms with Crippen LogP contribution in [0.15, 0.2) is 23.4 Å². The first-order valence-corrected chi connectivity index (χ1v) is 6.89. The molecule has 2 rings (SSSR count). The average Bonchev–Trinajstić information content (AvgIpc) is 2.93. The first-order chi connectivity index (χ1) is 10.0. The smallest absolute Gasteiger partial charge is 0.320 e. The van der Waals surface area contributed by atoms with E-state index in [1.807, 2.05) is 0 Å². The fraction of sp³-hybridized carbons (Fsp3) is 0.250. The highest BCUT2D eigenvalue weighted by atomic mass is 32.2. The number of rotatable bonds is 6. The highest BCUT2D eigenvalue weighted by Gasteiger charge is 2.20. The number of hydrogen-bond acceptors (Lipinski definition) is 6. The van der Waals surface area contributed by atoms with Gasteiger partial charge in [-0.05, 0) is 6.92 Å². The molecular formula is C12H13N4O4S+. The second-order valence-corrected chi connectivity index (χ2v) is 5.03. The zero-order valence-electron chi connectivity index (χ0n) is 11.4. The van der Waals surface area contributed by atoms with Crippen LogP contribution in [-0.4, -0.2) is 44.0 Å². The Labute approximate surface area is 124 Å². The molecule has 1 heterocycles. The Bertz CT molecular complexity index is 686. The molecule has 0 bridgehead atoms. The molecule has 0 aliphatic rings. The van der Waals surface area contributed by atoms with E-state index in [-0.39, 0.29) is 5.75 Å². The van der Waals surface area contributed by atoms with Gasteiger partial charge in [-0.2, -0.15) is 0 Å². The van der Waals surface area contributed by atoms with Crippen LogP contribution in [0, 0.1) is 11.8 Å². The van der Waals surface area contributed by atoms with E-state index in [4.69, 9.17) is 5.11 Å². The molecule has 9 heteroatoms. The molecule has 0 fully saturated rings. The second-order valence-electron chi connectivity index (χ2n) is 4.09. The van der Waals surface area contributed by atoms with Gasteiger partial charge in [0.2, 0.25) is 5.16 Å². The number of carboxylic acids is 1. The van der Waals surface area contributed by atoms with Crippen molar-refractivity contribution in [1.29, 1.82) is 0 Å². The monoisotopic (exact) mass is 309 g/mol. The molecule has 0 radical (unpaired) electrons. The van der Waals surface area contributed by atoms with Crippen LogP contribution in [0.3, 0.4) is 0 Å². The highest BCUT2D eigenvalue weighted by Crippen LogP contribution is 2.26. The van der Waals surface area contributed by atoms with Gasteiger partial charge in [-0.1, -0.05) is 23.9 Å². The SMILES string of the molecule is CO[N+](=O)c1cc(-c2nc(SCC(=O)O)n[nH]2)ccc1C. The van der Waals surface area contributed by atoms with Crippen LogP contribution in [0.2, 0.25) is 0 Å². The standard InChI is InChI=1S/C12H12N4O4S/c1-7-3-4-8(5-9(7)16(19)20-2)11-13-12(15-14-11)21-6-10(17)18/h3-5H,6H2,1-2H3,(H-,13,14,15,17,18)/p+1. The van der Waals surface area contributed by atoms with Crippen molar-refractivity contribution >= 4 is 23.4 Å². The van der Waals surface area contributed by atoms with Crippen molar-refractivity contribution in [3.63, 3.8) is 0 Å². The summed E-state index contributed by atoms with van der Waals surface area (Å²) in [5.74, 6) is -0.603. The van der Waals surface area contributed by atoms with Crippen LogP contribution >= 0.6 is 11.8 Å². The molecule has 0 atom stereocenters. The Morgan fingerprint density at radius 2 is 2.29 bits per heavy atom. The second kappa shape index (κ2) is 6.35. The molecule has 110 valence electrons. The van der Waals surface area contributed by atoms with Gasteiger partial charge in [0.25, 0.3) is 4.92 Å². The Balaban J connectivity index is 2.26. The van der Waals surface area contributed by atoms with E-state index < -0.39 is 5.97 Å². The van der Waals surface area contributed by atoms with Crippen molar-refractivity contribution in [1.82, 2.24) is 15.2 Å². The van der Waals surface area contributed by atoms with Crippen LogP contribution < -0.4 is 0 Å². The molecule has 2 N–H and O–H groups in total. The lowest BCUT2D eigenvalue weighted by atomic mass is 10.1. The molecule has 8 nitrogen and oxygen atoms in total. The van der Waals surface area contributed by atoms with E-state index in [0.717, 1.165) is 17.3 Å². The summed E-state index contributed by atoms with van der Waals surface area (Å²) in [5, 5.41) is 15.6. The lowest BCUT2D eigenvalue weighted by Crippen LogP contribution is -2.00. The van der Waals surface area contributed by atoms with Crippen LogP contribution in [0.5, 0.6) is 0 Å². The maximum atomic E-state index is 11.6. The summed E-state index contributed by atoms with van der Waals surface area (Å²) in [5.41, 5.74) is 1.78. The minimum atomic E-state index is -0.939. The minimum absolute atomic E-state index is 0.117. The van der Waals surface area contributed by atoms with Gasteiger partial charge in [-0.15, -0.1) is 5.10 Å². The van der Waals surface area contributed by atoms with Gasteiger partial charge in [-0.25, -0.2) is 9.82 Å². The van der Waals surface area contributed by atoms with Crippen molar-refractivity contribution in [2.75, 3.05) is 12.9 Å². The van der Waals surface area contributed by atoms with Gasteiger partial charge in [0.1, 0.15) is 0 Å². The number of benzene rings is 1. The predicted octanol–water partition coefficient (Wildman–Crippen LogP) is 1.93. The molecule has 0 aliphatic carbocycles. The van der Waals surface area contributed by atoms with Crippen molar-refractivity contribution in [2.45, 2.75) is 12.1 Å². The first-order valence-electron chi connectivity index (χ1n) is 5.90. The van der Waals surface area contributed by atoms with Gasteiger partial charge in [0.15, 0.2) is 12.9 Å². The number of carbonyl (C=O) groups is 1. The fourth-order valence-corrected chi connectivity index (χ4v) is 2.14. The average molecular weight is 309 g/mol. The Morgan fingerprint density at radius 3 is 2.95 bits per heavy atom. The quantitative estimate of drug-likeness (QED) is 0.620. The van der Waals surface area contributed by atoms with Crippen molar-refractivity contribution < 1.29 is 19.7 Å². The third kappa shape index (κ3) is 3.57. The lowest BCUT2D eigenvalue weighted by Gasteiger charge is -1.98. The number of H-pyrrole nitrogens is 1. The molecular weight excluding hydrogens is 296 g/mol. The van der Waals surface area contributed by atoms with Gasteiger partial charge in [0.05, 0.1) is 10.7 Å². The summed E-state index contributed by atoms with van der Waals surface area (Å²) in [7, 11) is 1.29. The van der Waals surface area contributed by atoms with E-state index in [0.29, 0.717) is 27.2 Å². The summed E-state index contributed by atoms with van der Waals surface area (Å²) in [6.07, 6.45) is 0. The zero-order valence-corrected chi connectivity index (χ0v) is 12.2. The Kier molecular flexibility index (Phi) is 4.53. The summed E-state index contributed by atoms with van der Waals surface area (Å²) < 4.78 is 0. The molecule has 1 aromatic heterocycles. The summed E-state index contributed by atoms with van der Waals surface area (Å²) >= 11 is 1.01. The number of nitrogens with zero attached hydrogens (tertiary/aromatic N) is 3. The third-order valence-electron chi connectivity index (χ3n) is 2.63. The lowest BCUT2D eigenvalue weighted by molar-refractivity contribution is -0.736. The van der Waals surface area contributed by atoms with Crippen LogP contribution in [-0.2, 0) is 9.63 Å². The number of aliphatic carboxylic acids is 1. The Hall–Kier alpha value is -2.42. The van der Waals surface area contributed by atoms with Gasteiger partial charge >= 0.3 is 11.7 Å². The molecule has 0 amide bonds. The van der Waals surface area contributed by atoms with Crippen LogP contribution in [0.1, 0.15) is 5.56 Å². The molecule has 0 aliphatic heterocycles. The van der Waals surface area contributed by atoms with E-state index in [1.54, 1.807) is 25.1 Å². The molecule has 0 spiro atoms. The van der Waals surface area contributed by atoms with Crippen LogP contribution in [0.4, 0.5) is 5.69 Å². The normalized spacial score (nSPS) is 10.4.